The zero-order chi connectivity index (χ0) is 16.9. The van der Waals surface area contributed by atoms with E-state index in [-0.39, 0.29) is 11.9 Å². The minimum atomic E-state index is -0.109. The topological polar surface area (TPSA) is 59.5 Å². The Morgan fingerprint density at radius 1 is 1.33 bits per heavy atom. The Bertz CT molecular complexity index is 706. The molecule has 0 amide bonds. The maximum absolute atomic E-state index is 11.8. The molecule has 0 aliphatic carbocycles. The van der Waals surface area contributed by atoms with E-state index in [0.717, 1.165) is 47.8 Å². The smallest absolute Gasteiger partial charge is 0.309 e. The summed E-state index contributed by atoms with van der Waals surface area (Å²) in [5, 5.41) is 1.74. The average Bonchev–Trinajstić information content (AvgIpc) is 3.07. The van der Waals surface area contributed by atoms with Crippen LogP contribution in [0.3, 0.4) is 0 Å². The van der Waals surface area contributed by atoms with Crippen molar-refractivity contribution < 1.29 is 14.3 Å². The molecule has 126 valence electrons. The highest BCUT2D eigenvalue weighted by atomic mass is 32.1. The lowest BCUT2D eigenvalue weighted by Gasteiger charge is -2.31. The van der Waals surface area contributed by atoms with E-state index in [1.165, 1.54) is 11.3 Å². The van der Waals surface area contributed by atoms with Crippen LogP contribution in [0, 0.1) is 5.92 Å². The highest BCUT2D eigenvalue weighted by Gasteiger charge is 2.28. The van der Waals surface area contributed by atoms with E-state index in [1.54, 1.807) is 0 Å². The van der Waals surface area contributed by atoms with Gasteiger partial charge in [0.1, 0.15) is 15.7 Å². The minimum absolute atomic E-state index is 0.0394. The molecule has 1 fully saturated rings. The summed E-state index contributed by atoms with van der Waals surface area (Å²) in [5.41, 5.74) is 1.49. The van der Waals surface area contributed by atoms with Crippen LogP contribution < -0.4 is 4.90 Å². The predicted octanol–water partition coefficient (Wildman–Crippen LogP) is 3.40. The molecule has 6 heteroatoms. The highest BCUT2D eigenvalue weighted by molar-refractivity contribution is 7.19. The first kappa shape index (κ1) is 16.6. The number of esters is 1. The average molecular weight is 344 g/mol. The number of carbonyl (C=O) groups excluding carboxylic acids is 2. The summed E-state index contributed by atoms with van der Waals surface area (Å²) < 4.78 is 5.11. The number of carbonyl (C=O) groups is 2. The van der Waals surface area contributed by atoms with Crippen molar-refractivity contribution in [2.75, 3.05) is 24.6 Å². The van der Waals surface area contributed by atoms with Gasteiger partial charge in [0.2, 0.25) is 0 Å². The van der Waals surface area contributed by atoms with Gasteiger partial charge in [-0.1, -0.05) is 41.7 Å². The molecule has 0 bridgehead atoms. The fourth-order valence-corrected chi connectivity index (χ4v) is 4.00. The number of benzene rings is 1. The lowest BCUT2D eigenvalue weighted by Crippen LogP contribution is -2.37. The van der Waals surface area contributed by atoms with Gasteiger partial charge in [0, 0.05) is 18.7 Å². The first-order valence-electron chi connectivity index (χ1n) is 8.16. The molecule has 1 aliphatic heterocycles. The number of piperidine rings is 1. The minimum Gasteiger partial charge on any atom is -0.466 e. The van der Waals surface area contributed by atoms with Crippen molar-refractivity contribution in [2.24, 2.45) is 5.92 Å². The van der Waals surface area contributed by atoms with Crippen LogP contribution in [0.4, 0.5) is 5.00 Å². The SMILES string of the molecule is CCOC(=O)C1CCN(c2sc(-c3ccccc3)nc2C=O)CC1. The maximum atomic E-state index is 11.8. The maximum Gasteiger partial charge on any atom is 0.309 e. The van der Waals surface area contributed by atoms with Gasteiger partial charge in [-0.15, -0.1) is 0 Å². The van der Waals surface area contributed by atoms with Crippen LogP contribution in [0.15, 0.2) is 30.3 Å². The van der Waals surface area contributed by atoms with Gasteiger partial charge < -0.3 is 9.64 Å². The molecule has 1 aromatic carbocycles. The van der Waals surface area contributed by atoms with E-state index < -0.39 is 0 Å². The number of thiazole rings is 1. The van der Waals surface area contributed by atoms with Crippen LogP contribution in [-0.4, -0.2) is 36.9 Å². The number of ether oxygens (including phenoxy) is 1. The number of hydrogen-bond acceptors (Lipinski definition) is 6. The number of anilines is 1. The van der Waals surface area contributed by atoms with Gasteiger partial charge in [-0.2, -0.15) is 0 Å². The molecular weight excluding hydrogens is 324 g/mol. The quantitative estimate of drug-likeness (QED) is 0.614. The number of hydrogen-bond donors (Lipinski definition) is 0. The first-order chi connectivity index (χ1) is 11.7. The van der Waals surface area contributed by atoms with Crippen LogP contribution in [-0.2, 0) is 9.53 Å². The van der Waals surface area contributed by atoms with Gasteiger partial charge in [0.15, 0.2) is 6.29 Å². The fraction of sp³-hybridized carbons (Fsp3) is 0.389. The third-order valence-electron chi connectivity index (χ3n) is 4.17. The van der Waals surface area contributed by atoms with Crippen molar-refractivity contribution in [3.8, 4) is 10.6 Å². The third kappa shape index (κ3) is 3.48. The monoisotopic (exact) mass is 344 g/mol. The Morgan fingerprint density at radius 2 is 2.04 bits per heavy atom. The summed E-state index contributed by atoms with van der Waals surface area (Å²) in [5.74, 6) is -0.149. The summed E-state index contributed by atoms with van der Waals surface area (Å²) in [4.78, 5) is 29.9. The van der Waals surface area contributed by atoms with Crippen molar-refractivity contribution in [3.63, 3.8) is 0 Å². The Balaban J connectivity index is 1.75. The van der Waals surface area contributed by atoms with E-state index in [0.29, 0.717) is 12.3 Å². The van der Waals surface area contributed by atoms with Gasteiger partial charge in [-0.05, 0) is 19.8 Å². The summed E-state index contributed by atoms with van der Waals surface area (Å²) >= 11 is 1.53. The van der Waals surface area contributed by atoms with E-state index in [1.807, 2.05) is 37.3 Å². The lowest BCUT2D eigenvalue weighted by atomic mass is 9.97. The largest absolute Gasteiger partial charge is 0.466 e. The van der Waals surface area contributed by atoms with Crippen molar-refractivity contribution in [1.29, 1.82) is 0 Å². The number of aldehydes is 1. The zero-order valence-electron chi connectivity index (χ0n) is 13.6. The second-order valence-corrected chi connectivity index (χ2v) is 6.68. The van der Waals surface area contributed by atoms with Crippen molar-refractivity contribution in [2.45, 2.75) is 19.8 Å². The van der Waals surface area contributed by atoms with Crippen LogP contribution >= 0.6 is 11.3 Å². The molecule has 0 saturated carbocycles. The van der Waals surface area contributed by atoms with Crippen LogP contribution in [0.25, 0.3) is 10.6 Å². The van der Waals surface area contributed by atoms with Gasteiger partial charge >= 0.3 is 5.97 Å². The molecule has 0 radical (unpaired) electrons. The lowest BCUT2D eigenvalue weighted by molar-refractivity contribution is -0.148. The molecule has 0 unspecified atom stereocenters. The molecule has 2 aromatic rings. The van der Waals surface area contributed by atoms with Gasteiger partial charge in [-0.3, -0.25) is 9.59 Å². The Kier molecular flexibility index (Phi) is 5.25. The highest BCUT2D eigenvalue weighted by Crippen LogP contribution is 2.36. The number of aromatic nitrogens is 1. The van der Waals surface area contributed by atoms with E-state index in [4.69, 9.17) is 4.74 Å². The molecule has 0 spiro atoms. The summed E-state index contributed by atoms with van der Waals surface area (Å²) in [6.07, 6.45) is 2.31. The second-order valence-electron chi connectivity index (χ2n) is 5.71. The first-order valence-corrected chi connectivity index (χ1v) is 8.97. The summed E-state index contributed by atoms with van der Waals surface area (Å²) in [7, 11) is 0. The van der Waals surface area contributed by atoms with E-state index >= 15 is 0 Å². The molecule has 5 nitrogen and oxygen atoms in total. The molecule has 1 aromatic heterocycles. The second kappa shape index (κ2) is 7.57. The molecule has 0 atom stereocenters. The molecule has 24 heavy (non-hydrogen) atoms. The van der Waals surface area contributed by atoms with Gasteiger partial charge in [0.05, 0.1) is 12.5 Å². The molecular formula is C18H20N2O3S. The normalized spacial score (nSPS) is 15.3. The molecule has 1 aliphatic rings. The fourth-order valence-electron chi connectivity index (χ4n) is 2.91. The standard InChI is InChI=1S/C18H20N2O3S/c1-2-23-18(22)14-8-10-20(11-9-14)17-15(12-21)19-16(24-17)13-6-4-3-5-7-13/h3-7,12,14H,2,8-11H2,1H3. The Labute approximate surface area is 145 Å². The Morgan fingerprint density at radius 3 is 2.67 bits per heavy atom. The van der Waals surface area contributed by atoms with Crippen molar-refractivity contribution >= 4 is 28.6 Å². The number of nitrogens with zero attached hydrogens (tertiary/aromatic N) is 2. The van der Waals surface area contributed by atoms with Crippen molar-refractivity contribution in [3.05, 3.63) is 36.0 Å². The summed E-state index contributed by atoms with van der Waals surface area (Å²) in [6.45, 7) is 3.72. The van der Waals surface area contributed by atoms with Gasteiger partial charge in [0.25, 0.3) is 0 Å². The molecule has 0 N–H and O–H groups in total. The zero-order valence-corrected chi connectivity index (χ0v) is 14.4. The molecule has 1 saturated heterocycles. The number of rotatable bonds is 5. The molecule has 3 rings (SSSR count). The molecule has 2 heterocycles. The van der Waals surface area contributed by atoms with Crippen LogP contribution in [0.5, 0.6) is 0 Å². The van der Waals surface area contributed by atoms with Crippen molar-refractivity contribution in [1.82, 2.24) is 4.98 Å². The third-order valence-corrected chi connectivity index (χ3v) is 5.35. The predicted molar refractivity (Wildman–Crippen MR) is 94.5 cm³/mol. The van der Waals surface area contributed by atoms with E-state index in [2.05, 4.69) is 9.88 Å². The van der Waals surface area contributed by atoms with Crippen LogP contribution in [0.1, 0.15) is 30.3 Å². The van der Waals surface area contributed by atoms with E-state index in [9.17, 15) is 9.59 Å². The van der Waals surface area contributed by atoms with Crippen LogP contribution in [0.2, 0.25) is 0 Å². The summed E-state index contributed by atoms with van der Waals surface area (Å²) in [6, 6.07) is 9.86. The van der Waals surface area contributed by atoms with Gasteiger partial charge in [-0.25, -0.2) is 4.98 Å². The Hall–Kier alpha value is -2.21.